The molecule has 1 aromatic carbocycles. The monoisotopic (exact) mass is 379 g/mol. The molecule has 0 aliphatic carbocycles. The highest BCUT2D eigenvalue weighted by atomic mass is 35.5. The molecule has 0 spiro atoms. The summed E-state index contributed by atoms with van der Waals surface area (Å²) in [6.07, 6.45) is 3.08. The molecule has 26 heavy (non-hydrogen) atoms. The number of hydrogen-bond donors (Lipinski definition) is 2. The van der Waals surface area contributed by atoms with Gasteiger partial charge in [0.25, 0.3) is 5.91 Å². The van der Waals surface area contributed by atoms with E-state index in [0.717, 1.165) is 38.9 Å². The summed E-state index contributed by atoms with van der Waals surface area (Å²) in [5.41, 5.74) is 0.501. The normalized spacial score (nSPS) is 17.1. The first-order valence-electron chi connectivity index (χ1n) is 9.49. The fraction of sp³-hybridized carbons (Fsp3) is 0.600. The summed E-state index contributed by atoms with van der Waals surface area (Å²) >= 11 is 5.86. The van der Waals surface area contributed by atoms with Gasteiger partial charge in [0.05, 0.1) is 0 Å². The second-order valence-electron chi connectivity index (χ2n) is 7.33. The Morgan fingerprint density at radius 1 is 1.19 bits per heavy atom. The van der Waals surface area contributed by atoms with E-state index in [1.807, 2.05) is 13.8 Å². The molecule has 0 aromatic heterocycles. The molecule has 0 saturated carbocycles. The van der Waals surface area contributed by atoms with Gasteiger partial charge in [-0.3, -0.25) is 9.59 Å². The third-order valence-electron chi connectivity index (χ3n) is 4.82. The number of rotatable bonds is 7. The van der Waals surface area contributed by atoms with Crippen LogP contribution < -0.4 is 10.6 Å². The predicted octanol–water partition coefficient (Wildman–Crippen LogP) is 3.09. The molecule has 2 amide bonds. The predicted molar refractivity (Wildman–Crippen MR) is 105 cm³/mol. The third kappa shape index (κ3) is 5.99. The summed E-state index contributed by atoms with van der Waals surface area (Å²) in [5, 5.41) is 6.57. The summed E-state index contributed by atoms with van der Waals surface area (Å²) in [7, 11) is 0. The van der Waals surface area contributed by atoms with Gasteiger partial charge >= 0.3 is 0 Å². The van der Waals surface area contributed by atoms with Crippen LogP contribution in [0, 0.1) is 5.92 Å². The van der Waals surface area contributed by atoms with Crippen LogP contribution in [0.5, 0.6) is 0 Å². The number of nitrogens with zero attached hydrogens (tertiary/aromatic N) is 1. The molecule has 0 radical (unpaired) electrons. The molecule has 0 unspecified atom stereocenters. The minimum Gasteiger partial charge on any atom is -0.351 e. The van der Waals surface area contributed by atoms with Gasteiger partial charge in [-0.2, -0.15) is 0 Å². The summed E-state index contributed by atoms with van der Waals surface area (Å²) in [6.45, 7) is 9.22. The molecule has 5 nitrogen and oxygen atoms in total. The lowest BCUT2D eigenvalue weighted by atomic mass is 10.00. The summed E-state index contributed by atoms with van der Waals surface area (Å²) in [5.74, 6) is -0.351. The average Bonchev–Trinajstić information content (AvgIpc) is 2.61. The van der Waals surface area contributed by atoms with Crippen molar-refractivity contribution in [2.45, 2.75) is 52.1 Å². The molecule has 1 fully saturated rings. The van der Waals surface area contributed by atoms with E-state index in [4.69, 9.17) is 11.6 Å². The van der Waals surface area contributed by atoms with Gasteiger partial charge in [0, 0.05) is 29.7 Å². The van der Waals surface area contributed by atoms with Gasteiger partial charge < -0.3 is 15.5 Å². The van der Waals surface area contributed by atoms with Crippen molar-refractivity contribution in [3.05, 3.63) is 34.9 Å². The topological polar surface area (TPSA) is 61.4 Å². The van der Waals surface area contributed by atoms with Crippen LogP contribution >= 0.6 is 11.6 Å². The highest BCUT2D eigenvalue weighted by molar-refractivity contribution is 6.30. The number of carbonyl (C=O) groups is 2. The molecule has 1 aliphatic heterocycles. The van der Waals surface area contributed by atoms with Crippen molar-refractivity contribution < 1.29 is 9.59 Å². The Morgan fingerprint density at radius 3 is 2.35 bits per heavy atom. The van der Waals surface area contributed by atoms with Gasteiger partial charge in [-0.25, -0.2) is 0 Å². The van der Waals surface area contributed by atoms with Gasteiger partial charge in [-0.05, 0) is 56.0 Å². The van der Waals surface area contributed by atoms with Crippen molar-refractivity contribution in [1.29, 1.82) is 0 Å². The number of benzene rings is 1. The van der Waals surface area contributed by atoms with E-state index in [-0.39, 0.29) is 23.8 Å². The van der Waals surface area contributed by atoms with Crippen LogP contribution in [-0.2, 0) is 4.79 Å². The van der Waals surface area contributed by atoms with E-state index in [9.17, 15) is 9.59 Å². The smallest absolute Gasteiger partial charge is 0.251 e. The first-order valence-corrected chi connectivity index (χ1v) is 9.87. The van der Waals surface area contributed by atoms with Gasteiger partial charge in [0.1, 0.15) is 6.04 Å². The largest absolute Gasteiger partial charge is 0.351 e. The lowest BCUT2D eigenvalue weighted by Crippen LogP contribution is -2.54. The molecular formula is C20H30ClN3O2. The number of nitrogens with one attached hydrogen (secondary N) is 2. The van der Waals surface area contributed by atoms with Crippen LogP contribution in [0.25, 0.3) is 0 Å². The van der Waals surface area contributed by atoms with Gasteiger partial charge in [0.2, 0.25) is 5.91 Å². The van der Waals surface area contributed by atoms with E-state index in [1.54, 1.807) is 24.3 Å². The molecule has 1 aromatic rings. The van der Waals surface area contributed by atoms with Gasteiger partial charge in [-0.15, -0.1) is 0 Å². The number of carbonyl (C=O) groups excluding carboxylic acids is 2. The fourth-order valence-electron chi connectivity index (χ4n) is 3.27. The molecule has 2 N–H and O–H groups in total. The molecule has 1 aliphatic rings. The molecule has 144 valence electrons. The fourth-order valence-corrected chi connectivity index (χ4v) is 3.39. The van der Waals surface area contributed by atoms with Crippen molar-refractivity contribution in [3.63, 3.8) is 0 Å². The third-order valence-corrected chi connectivity index (χ3v) is 5.07. The number of halogens is 1. The quantitative estimate of drug-likeness (QED) is 0.765. The van der Waals surface area contributed by atoms with E-state index < -0.39 is 6.04 Å². The molecule has 1 heterocycles. The van der Waals surface area contributed by atoms with Crippen LogP contribution in [0.15, 0.2) is 24.3 Å². The molecule has 1 atom stereocenters. The Balaban J connectivity index is 1.91. The summed E-state index contributed by atoms with van der Waals surface area (Å²) < 4.78 is 0. The molecule has 1 saturated heterocycles. The van der Waals surface area contributed by atoms with Crippen LogP contribution in [-0.4, -0.2) is 48.4 Å². The second-order valence-corrected chi connectivity index (χ2v) is 7.76. The number of hydrogen-bond acceptors (Lipinski definition) is 3. The van der Waals surface area contributed by atoms with E-state index >= 15 is 0 Å². The summed E-state index contributed by atoms with van der Waals surface area (Å²) in [4.78, 5) is 27.6. The first-order chi connectivity index (χ1) is 12.4. The lowest BCUT2D eigenvalue weighted by Gasteiger charge is -2.33. The van der Waals surface area contributed by atoms with Crippen molar-refractivity contribution in [3.8, 4) is 0 Å². The average molecular weight is 380 g/mol. The number of piperidine rings is 1. The number of amides is 2. The molecule has 6 heteroatoms. The van der Waals surface area contributed by atoms with Crippen molar-refractivity contribution in [1.82, 2.24) is 15.5 Å². The van der Waals surface area contributed by atoms with Gasteiger partial charge in [-0.1, -0.05) is 32.4 Å². The Labute approximate surface area is 161 Å². The Kier molecular flexibility index (Phi) is 7.91. The summed E-state index contributed by atoms with van der Waals surface area (Å²) in [6, 6.07) is 6.30. The zero-order chi connectivity index (χ0) is 19.1. The van der Waals surface area contributed by atoms with Gasteiger partial charge in [0.15, 0.2) is 0 Å². The van der Waals surface area contributed by atoms with E-state index in [1.165, 1.54) is 0 Å². The highest BCUT2D eigenvalue weighted by Crippen LogP contribution is 2.13. The highest BCUT2D eigenvalue weighted by Gasteiger charge is 2.28. The zero-order valence-electron chi connectivity index (χ0n) is 15.9. The van der Waals surface area contributed by atoms with Crippen LogP contribution in [0.2, 0.25) is 5.02 Å². The van der Waals surface area contributed by atoms with Crippen molar-refractivity contribution in [2.24, 2.45) is 5.92 Å². The SMILES string of the molecule is CCCN1CCC(NC(=O)[C@@H](NC(=O)c2ccc(Cl)cc2)C(C)C)CC1. The minimum atomic E-state index is -0.549. The zero-order valence-corrected chi connectivity index (χ0v) is 16.7. The van der Waals surface area contributed by atoms with Crippen LogP contribution in [0.4, 0.5) is 0 Å². The minimum absolute atomic E-state index is 0.00595. The molecule has 0 bridgehead atoms. The van der Waals surface area contributed by atoms with Crippen molar-refractivity contribution in [2.75, 3.05) is 19.6 Å². The second kappa shape index (κ2) is 9.93. The lowest BCUT2D eigenvalue weighted by molar-refractivity contribution is -0.125. The maximum atomic E-state index is 12.7. The Bertz CT molecular complexity index is 596. The van der Waals surface area contributed by atoms with Crippen molar-refractivity contribution >= 4 is 23.4 Å². The molecular weight excluding hydrogens is 350 g/mol. The van der Waals surface area contributed by atoms with E-state index in [0.29, 0.717) is 10.6 Å². The maximum Gasteiger partial charge on any atom is 0.251 e. The first kappa shape index (κ1) is 20.7. The standard InChI is InChI=1S/C20H30ClN3O2/c1-4-11-24-12-9-17(10-13-24)22-20(26)18(14(2)3)23-19(25)15-5-7-16(21)8-6-15/h5-8,14,17-18H,4,9-13H2,1-3H3,(H,22,26)(H,23,25)/t18-/m0/s1. The molecule has 2 rings (SSSR count). The van der Waals surface area contributed by atoms with Crippen LogP contribution in [0.1, 0.15) is 50.4 Å². The maximum absolute atomic E-state index is 12.7. The Hall–Kier alpha value is -1.59. The Morgan fingerprint density at radius 2 is 1.81 bits per heavy atom. The van der Waals surface area contributed by atoms with E-state index in [2.05, 4.69) is 22.5 Å². The number of likely N-dealkylation sites (tertiary alicyclic amines) is 1. The van der Waals surface area contributed by atoms with Crippen LogP contribution in [0.3, 0.4) is 0 Å².